The zero-order valence-electron chi connectivity index (χ0n) is 14.5. The first-order chi connectivity index (χ1) is 12.6. The fraction of sp³-hybridized carbons (Fsp3) is 0.375. The summed E-state index contributed by atoms with van der Waals surface area (Å²) in [5.74, 6) is 0.569. The van der Waals surface area contributed by atoms with Crippen molar-refractivity contribution in [2.75, 3.05) is 32.8 Å². The van der Waals surface area contributed by atoms with Crippen molar-refractivity contribution in [1.82, 2.24) is 20.2 Å². The smallest absolute Gasteiger partial charge is 0.338 e. The molecule has 10 heteroatoms. The van der Waals surface area contributed by atoms with Gasteiger partial charge in [-0.3, -0.25) is 0 Å². The number of hydrogen-bond acceptors (Lipinski definition) is 8. The first-order valence-electron chi connectivity index (χ1n) is 7.82. The summed E-state index contributed by atoms with van der Waals surface area (Å²) in [6, 6.07) is 4.95. The molecule has 3 rings (SSSR count). The van der Waals surface area contributed by atoms with Gasteiger partial charge in [0, 0.05) is 22.8 Å². The number of aromatic nitrogens is 4. The molecule has 1 aromatic heterocycles. The van der Waals surface area contributed by atoms with Gasteiger partial charge in [-0.1, -0.05) is 21.0 Å². The first kappa shape index (κ1) is 18.3. The molecule has 1 aliphatic rings. The molecule has 2 heterocycles. The Bertz CT molecular complexity index is 851. The number of fused-ring (bicyclic) bond motifs is 1. The predicted octanol–water partition coefficient (Wildman–Crippen LogP) is 1.92. The Balaban J connectivity index is 2.09. The van der Waals surface area contributed by atoms with Gasteiger partial charge in [-0.2, -0.15) is 4.68 Å². The van der Waals surface area contributed by atoms with E-state index in [9.17, 15) is 4.79 Å². The van der Waals surface area contributed by atoms with E-state index in [2.05, 4.69) is 36.8 Å². The second-order valence-electron chi connectivity index (χ2n) is 5.53. The van der Waals surface area contributed by atoms with E-state index in [0.717, 1.165) is 10.0 Å². The molecule has 0 saturated carbocycles. The Kier molecular flexibility index (Phi) is 5.52. The molecule has 2 aromatic rings. The fourth-order valence-electron chi connectivity index (χ4n) is 2.78. The molecule has 1 aromatic carbocycles. The van der Waals surface area contributed by atoms with Crippen LogP contribution in [-0.4, -0.2) is 53.6 Å². The quantitative estimate of drug-likeness (QED) is 0.555. The van der Waals surface area contributed by atoms with Gasteiger partial charge in [-0.25, -0.2) is 4.79 Å². The van der Waals surface area contributed by atoms with Crippen molar-refractivity contribution in [2.45, 2.75) is 13.0 Å². The molecule has 0 fully saturated rings. The van der Waals surface area contributed by atoms with E-state index in [4.69, 9.17) is 14.2 Å². The van der Waals surface area contributed by atoms with Crippen LogP contribution in [0.4, 0.5) is 5.95 Å². The Morgan fingerprint density at radius 1 is 1.35 bits per heavy atom. The molecule has 0 spiro atoms. The number of esters is 1. The number of nitrogens with zero attached hydrogens (tertiary/aromatic N) is 4. The minimum Gasteiger partial charge on any atom is -0.496 e. The molecule has 1 N–H and O–H groups in total. The summed E-state index contributed by atoms with van der Waals surface area (Å²) < 4.78 is 18.1. The maximum Gasteiger partial charge on any atom is 0.338 e. The number of methoxy groups -OCH3 is 2. The SMILES string of the molecule is COCCOC(=O)C1=C(C)Nc2nnnn2[C@H]1c1cc(Br)ccc1OC. The summed E-state index contributed by atoms with van der Waals surface area (Å²) in [4.78, 5) is 12.8. The highest BCUT2D eigenvalue weighted by Gasteiger charge is 2.36. The second kappa shape index (κ2) is 7.83. The summed E-state index contributed by atoms with van der Waals surface area (Å²) in [5.41, 5.74) is 1.74. The van der Waals surface area contributed by atoms with Crippen LogP contribution in [-0.2, 0) is 14.3 Å². The van der Waals surface area contributed by atoms with Crippen LogP contribution in [0.3, 0.4) is 0 Å². The number of hydrogen-bond donors (Lipinski definition) is 1. The Labute approximate surface area is 158 Å². The van der Waals surface area contributed by atoms with Crippen molar-refractivity contribution in [3.05, 3.63) is 39.5 Å². The molecule has 138 valence electrons. The molecule has 0 saturated heterocycles. The largest absolute Gasteiger partial charge is 0.496 e. The zero-order chi connectivity index (χ0) is 18.7. The van der Waals surface area contributed by atoms with Gasteiger partial charge in [0.1, 0.15) is 18.4 Å². The number of anilines is 1. The lowest BCUT2D eigenvalue weighted by atomic mass is 9.95. The molecular weight excluding hydrogens is 406 g/mol. The lowest BCUT2D eigenvalue weighted by molar-refractivity contribution is -0.140. The van der Waals surface area contributed by atoms with Gasteiger partial charge < -0.3 is 19.5 Å². The molecule has 1 atom stereocenters. The Morgan fingerprint density at radius 3 is 2.88 bits per heavy atom. The number of nitrogens with one attached hydrogen (secondary N) is 1. The summed E-state index contributed by atoms with van der Waals surface area (Å²) in [5, 5.41) is 14.7. The number of rotatable bonds is 6. The van der Waals surface area contributed by atoms with Crippen LogP contribution in [0.15, 0.2) is 33.9 Å². The third-order valence-electron chi connectivity index (χ3n) is 3.94. The van der Waals surface area contributed by atoms with Crippen LogP contribution in [0.5, 0.6) is 5.75 Å². The number of tetrazole rings is 1. The summed E-state index contributed by atoms with van der Waals surface area (Å²) in [6.07, 6.45) is 0. The number of carbonyl (C=O) groups is 1. The van der Waals surface area contributed by atoms with E-state index in [0.29, 0.717) is 29.6 Å². The lowest BCUT2D eigenvalue weighted by Gasteiger charge is -2.28. The van der Waals surface area contributed by atoms with E-state index in [1.807, 2.05) is 18.2 Å². The molecule has 0 unspecified atom stereocenters. The van der Waals surface area contributed by atoms with E-state index in [1.54, 1.807) is 21.1 Å². The van der Waals surface area contributed by atoms with Gasteiger partial charge in [0.15, 0.2) is 0 Å². The fourth-order valence-corrected chi connectivity index (χ4v) is 3.16. The van der Waals surface area contributed by atoms with Crippen LogP contribution in [0.1, 0.15) is 18.5 Å². The number of carbonyl (C=O) groups excluding carboxylic acids is 1. The minimum atomic E-state index is -0.594. The maximum atomic E-state index is 12.8. The Hall–Kier alpha value is -2.46. The van der Waals surface area contributed by atoms with Gasteiger partial charge in [-0.15, -0.1) is 0 Å². The Morgan fingerprint density at radius 2 is 2.15 bits per heavy atom. The average Bonchev–Trinajstić information content (AvgIpc) is 3.08. The minimum absolute atomic E-state index is 0.150. The van der Waals surface area contributed by atoms with Crippen molar-refractivity contribution >= 4 is 27.8 Å². The van der Waals surface area contributed by atoms with Gasteiger partial charge >= 0.3 is 5.97 Å². The van der Waals surface area contributed by atoms with Crippen molar-refractivity contribution in [2.24, 2.45) is 0 Å². The van der Waals surface area contributed by atoms with Crippen molar-refractivity contribution in [3.63, 3.8) is 0 Å². The van der Waals surface area contributed by atoms with Crippen LogP contribution < -0.4 is 10.1 Å². The number of allylic oxidation sites excluding steroid dienone is 1. The van der Waals surface area contributed by atoms with Crippen LogP contribution >= 0.6 is 15.9 Å². The highest BCUT2D eigenvalue weighted by Crippen LogP contribution is 2.39. The highest BCUT2D eigenvalue weighted by molar-refractivity contribution is 9.10. The van der Waals surface area contributed by atoms with Gasteiger partial charge in [0.25, 0.3) is 0 Å². The van der Waals surface area contributed by atoms with E-state index in [-0.39, 0.29) is 6.61 Å². The third kappa shape index (κ3) is 3.42. The first-order valence-corrected chi connectivity index (χ1v) is 8.61. The van der Waals surface area contributed by atoms with Crippen LogP contribution in [0, 0.1) is 0 Å². The van der Waals surface area contributed by atoms with Crippen LogP contribution in [0.2, 0.25) is 0 Å². The van der Waals surface area contributed by atoms with E-state index >= 15 is 0 Å². The molecule has 9 nitrogen and oxygen atoms in total. The topological polar surface area (TPSA) is 100 Å². The maximum absolute atomic E-state index is 12.8. The zero-order valence-corrected chi connectivity index (χ0v) is 16.1. The molecule has 0 radical (unpaired) electrons. The average molecular weight is 424 g/mol. The van der Waals surface area contributed by atoms with Gasteiger partial charge in [0.05, 0.1) is 19.3 Å². The van der Waals surface area contributed by atoms with Gasteiger partial charge in [0.2, 0.25) is 5.95 Å². The highest BCUT2D eigenvalue weighted by atomic mass is 79.9. The number of halogens is 1. The van der Waals surface area contributed by atoms with Crippen molar-refractivity contribution in [1.29, 1.82) is 0 Å². The lowest BCUT2D eigenvalue weighted by Crippen LogP contribution is -2.30. The number of benzene rings is 1. The van der Waals surface area contributed by atoms with Crippen LogP contribution in [0.25, 0.3) is 0 Å². The monoisotopic (exact) mass is 423 g/mol. The van der Waals surface area contributed by atoms with E-state index in [1.165, 1.54) is 4.68 Å². The summed E-state index contributed by atoms with van der Waals surface area (Å²) >= 11 is 3.47. The standard InChI is InChI=1S/C16H18BrN5O4/c1-9-13(15(23)26-7-6-24-2)14(22-16(18-9)19-20-21-22)11-8-10(17)4-5-12(11)25-3/h4-5,8,14H,6-7H2,1-3H3,(H,18,19,21)/t14-/m0/s1. The van der Waals surface area contributed by atoms with Crippen molar-refractivity contribution < 1.29 is 19.0 Å². The molecule has 1 aliphatic heterocycles. The molecule has 0 aliphatic carbocycles. The third-order valence-corrected chi connectivity index (χ3v) is 4.43. The second-order valence-corrected chi connectivity index (χ2v) is 6.44. The molecule has 0 amide bonds. The van der Waals surface area contributed by atoms with Crippen molar-refractivity contribution in [3.8, 4) is 5.75 Å². The molecule has 0 bridgehead atoms. The summed E-state index contributed by atoms with van der Waals surface area (Å²) in [7, 11) is 3.12. The van der Waals surface area contributed by atoms with Gasteiger partial charge in [-0.05, 0) is 35.5 Å². The van der Waals surface area contributed by atoms with E-state index < -0.39 is 12.0 Å². The normalized spacial score (nSPS) is 16.1. The predicted molar refractivity (Wildman–Crippen MR) is 95.8 cm³/mol. The number of ether oxygens (including phenoxy) is 3. The molecule has 26 heavy (non-hydrogen) atoms. The summed E-state index contributed by atoms with van der Waals surface area (Å²) in [6.45, 7) is 2.24. The molecular formula is C16H18BrN5O4.